The van der Waals surface area contributed by atoms with E-state index in [0.717, 1.165) is 19.4 Å². The lowest BCUT2D eigenvalue weighted by atomic mass is 9.91. The van der Waals surface area contributed by atoms with Crippen molar-refractivity contribution in [1.29, 1.82) is 0 Å². The van der Waals surface area contributed by atoms with Crippen LogP contribution < -0.4 is 10.6 Å². The van der Waals surface area contributed by atoms with Gasteiger partial charge in [0.05, 0.1) is 13.0 Å². The third-order valence-electron chi connectivity index (χ3n) is 4.00. The summed E-state index contributed by atoms with van der Waals surface area (Å²) in [6, 6.07) is -0.580. The molecule has 0 aromatic rings. The van der Waals surface area contributed by atoms with E-state index in [1.165, 1.54) is 14.0 Å². The lowest BCUT2D eigenvalue weighted by Crippen LogP contribution is -2.54. The highest BCUT2D eigenvalue weighted by Gasteiger charge is 2.41. The lowest BCUT2D eigenvalue weighted by molar-refractivity contribution is -0.145. The van der Waals surface area contributed by atoms with Crippen molar-refractivity contribution in [3.8, 4) is 0 Å². The predicted octanol–water partition coefficient (Wildman–Crippen LogP) is -1.13. The van der Waals surface area contributed by atoms with E-state index in [-0.39, 0.29) is 23.8 Å². The van der Waals surface area contributed by atoms with Crippen LogP contribution in [0.15, 0.2) is 0 Å². The molecule has 2 heterocycles. The minimum Gasteiger partial charge on any atom is -0.467 e. The van der Waals surface area contributed by atoms with Gasteiger partial charge < -0.3 is 15.4 Å². The Kier molecular flexibility index (Phi) is 4.59. The van der Waals surface area contributed by atoms with Gasteiger partial charge in [0.1, 0.15) is 6.04 Å². The quantitative estimate of drug-likeness (QED) is 0.638. The molecule has 2 fully saturated rings. The number of nitrogens with one attached hydrogen (secondary N) is 2. The van der Waals surface area contributed by atoms with E-state index in [1.54, 1.807) is 0 Å². The molecule has 7 nitrogen and oxygen atoms in total. The number of carbonyl (C=O) groups excluding carboxylic acids is 3. The van der Waals surface area contributed by atoms with Crippen LogP contribution in [0.4, 0.5) is 0 Å². The zero-order chi connectivity index (χ0) is 14.7. The maximum atomic E-state index is 11.7. The largest absolute Gasteiger partial charge is 0.467 e. The summed E-state index contributed by atoms with van der Waals surface area (Å²) < 4.78 is 4.72. The molecule has 2 rings (SSSR count). The van der Waals surface area contributed by atoms with Crippen molar-refractivity contribution >= 4 is 17.8 Å². The van der Waals surface area contributed by atoms with Crippen molar-refractivity contribution in [1.82, 2.24) is 15.5 Å². The van der Waals surface area contributed by atoms with Crippen LogP contribution >= 0.6 is 0 Å². The number of methoxy groups -OCH3 is 1. The Morgan fingerprint density at radius 3 is 2.95 bits per heavy atom. The molecule has 0 radical (unpaired) electrons. The van der Waals surface area contributed by atoms with Crippen LogP contribution in [-0.2, 0) is 19.1 Å². The average molecular weight is 283 g/mol. The Labute approximate surface area is 118 Å². The molecule has 0 aromatic heterocycles. The number of carbonyl (C=O) groups is 3. The van der Waals surface area contributed by atoms with Crippen molar-refractivity contribution < 1.29 is 19.1 Å². The summed E-state index contributed by atoms with van der Waals surface area (Å²) >= 11 is 0. The molecule has 7 heteroatoms. The number of rotatable bonds is 4. The Morgan fingerprint density at radius 1 is 1.55 bits per heavy atom. The standard InChI is InChI=1S/C13H21N3O4/c1-8(17)15-10(13(19)20-2)7-16-5-3-4-9-11(16)6-14-12(9)18/h9-11H,3-7H2,1-2H3,(H,14,18)(H,15,17). The van der Waals surface area contributed by atoms with Gasteiger partial charge in [0.15, 0.2) is 0 Å². The molecule has 0 spiro atoms. The Balaban J connectivity index is 2.03. The van der Waals surface area contributed by atoms with Gasteiger partial charge in [0, 0.05) is 26.1 Å². The first-order valence-corrected chi connectivity index (χ1v) is 6.89. The van der Waals surface area contributed by atoms with Gasteiger partial charge in [-0.1, -0.05) is 0 Å². The summed E-state index contributed by atoms with van der Waals surface area (Å²) in [5.74, 6) is -0.637. The fourth-order valence-corrected chi connectivity index (χ4v) is 3.07. The fourth-order valence-electron chi connectivity index (χ4n) is 3.07. The van der Waals surface area contributed by atoms with E-state index in [2.05, 4.69) is 15.5 Å². The molecule has 2 N–H and O–H groups in total. The predicted molar refractivity (Wildman–Crippen MR) is 70.7 cm³/mol. The molecule has 112 valence electrons. The van der Waals surface area contributed by atoms with E-state index in [4.69, 9.17) is 4.74 Å². The van der Waals surface area contributed by atoms with Gasteiger partial charge >= 0.3 is 5.97 Å². The molecule has 2 amide bonds. The third-order valence-corrected chi connectivity index (χ3v) is 4.00. The molecule has 0 saturated carbocycles. The molecule has 0 aliphatic carbocycles. The Bertz CT molecular complexity index is 412. The molecule has 2 aliphatic rings. The average Bonchev–Trinajstić information content (AvgIpc) is 2.79. The first kappa shape index (κ1) is 14.8. The maximum absolute atomic E-state index is 11.7. The van der Waals surface area contributed by atoms with Gasteiger partial charge in [-0.3, -0.25) is 14.5 Å². The number of esters is 1. The van der Waals surface area contributed by atoms with E-state index in [1.807, 2.05) is 0 Å². The number of fused-ring (bicyclic) bond motifs is 1. The molecular weight excluding hydrogens is 262 g/mol. The highest BCUT2D eigenvalue weighted by atomic mass is 16.5. The molecule has 2 aliphatic heterocycles. The second-order valence-corrected chi connectivity index (χ2v) is 5.33. The van der Waals surface area contributed by atoms with Crippen molar-refractivity contribution in [3.63, 3.8) is 0 Å². The zero-order valence-electron chi connectivity index (χ0n) is 11.8. The Hall–Kier alpha value is -1.63. The first-order valence-electron chi connectivity index (χ1n) is 6.89. The highest BCUT2D eigenvalue weighted by molar-refractivity contribution is 5.83. The van der Waals surface area contributed by atoms with Gasteiger partial charge in [-0.25, -0.2) is 4.79 Å². The molecule has 0 aromatic carbocycles. The summed E-state index contributed by atoms with van der Waals surface area (Å²) in [5.41, 5.74) is 0. The normalized spacial score (nSPS) is 27.4. The van der Waals surface area contributed by atoms with Crippen LogP contribution in [0.25, 0.3) is 0 Å². The van der Waals surface area contributed by atoms with Crippen LogP contribution in [0.5, 0.6) is 0 Å². The Morgan fingerprint density at radius 2 is 2.30 bits per heavy atom. The molecular formula is C13H21N3O4. The summed E-state index contributed by atoms with van der Waals surface area (Å²) in [6.07, 6.45) is 1.80. The minimum absolute atomic E-state index is 0.000579. The number of nitrogens with zero attached hydrogens (tertiary/aromatic N) is 1. The second kappa shape index (κ2) is 6.21. The monoisotopic (exact) mass is 283 g/mol. The van der Waals surface area contributed by atoms with Crippen LogP contribution in [0, 0.1) is 5.92 Å². The second-order valence-electron chi connectivity index (χ2n) is 5.33. The summed E-state index contributed by atoms with van der Waals surface area (Å²) in [4.78, 5) is 36.7. The van der Waals surface area contributed by atoms with Gasteiger partial charge in [0.2, 0.25) is 11.8 Å². The van der Waals surface area contributed by atoms with Crippen molar-refractivity contribution in [2.75, 3.05) is 26.7 Å². The summed E-state index contributed by atoms with van der Waals surface area (Å²) in [6.45, 7) is 3.18. The van der Waals surface area contributed by atoms with Crippen LogP contribution in [0.1, 0.15) is 19.8 Å². The van der Waals surface area contributed by atoms with Gasteiger partial charge in [-0.2, -0.15) is 0 Å². The van der Waals surface area contributed by atoms with E-state index < -0.39 is 12.0 Å². The number of amides is 2. The van der Waals surface area contributed by atoms with Gasteiger partial charge in [0.25, 0.3) is 0 Å². The fraction of sp³-hybridized carbons (Fsp3) is 0.769. The summed E-state index contributed by atoms with van der Waals surface area (Å²) in [5, 5.41) is 5.47. The smallest absolute Gasteiger partial charge is 0.329 e. The summed E-state index contributed by atoms with van der Waals surface area (Å²) in [7, 11) is 1.30. The van der Waals surface area contributed by atoms with Gasteiger partial charge in [-0.15, -0.1) is 0 Å². The van der Waals surface area contributed by atoms with E-state index in [0.29, 0.717) is 13.1 Å². The number of likely N-dealkylation sites (tertiary alicyclic amines) is 1. The molecule has 3 atom stereocenters. The van der Waals surface area contributed by atoms with Crippen molar-refractivity contribution in [2.45, 2.75) is 31.8 Å². The number of piperidine rings is 1. The van der Waals surface area contributed by atoms with Crippen LogP contribution in [0.2, 0.25) is 0 Å². The minimum atomic E-state index is -0.688. The highest BCUT2D eigenvalue weighted by Crippen LogP contribution is 2.27. The van der Waals surface area contributed by atoms with Crippen molar-refractivity contribution in [2.24, 2.45) is 5.92 Å². The van der Waals surface area contributed by atoms with E-state index >= 15 is 0 Å². The van der Waals surface area contributed by atoms with Crippen LogP contribution in [-0.4, -0.2) is 61.5 Å². The van der Waals surface area contributed by atoms with E-state index in [9.17, 15) is 14.4 Å². The van der Waals surface area contributed by atoms with Crippen LogP contribution in [0.3, 0.4) is 0 Å². The molecule has 20 heavy (non-hydrogen) atoms. The molecule has 0 bridgehead atoms. The van der Waals surface area contributed by atoms with Crippen molar-refractivity contribution in [3.05, 3.63) is 0 Å². The van der Waals surface area contributed by atoms with Gasteiger partial charge in [-0.05, 0) is 19.4 Å². The molecule has 2 saturated heterocycles. The maximum Gasteiger partial charge on any atom is 0.329 e. The number of hydrogen-bond donors (Lipinski definition) is 2. The topological polar surface area (TPSA) is 87.7 Å². The first-order chi connectivity index (χ1) is 9.52. The lowest BCUT2D eigenvalue weighted by Gasteiger charge is -2.37. The molecule has 3 unspecified atom stereocenters. The SMILES string of the molecule is COC(=O)C(CN1CCCC2C(=O)NCC21)NC(C)=O. The zero-order valence-corrected chi connectivity index (χ0v) is 11.8. The number of hydrogen-bond acceptors (Lipinski definition) is 5. The third kappa shape index (κ3) is 3.09. The number of ether oxygens (including phenoxy) is 1.